The molecule has 0 spiro atoms. The second-order valence-electron chi connectivity index (χ2n) is 8.66. The van der Waals surface area contributed by atoms with Gasteiger partial charge in [-0.05, 0) is 51.5 Å². The lowest BCUT2D eigenvalue weighted by molar-refractivity contribution is 0.407. The van der Waals surface area contributed by atoms with Crippen molar-refractivity contribution in [1.29, 1.82) is 0 Å². The fraction of sp³-hybridized carbons (Fsp3) is 0.409. The summed E-state index contributed by atoms with van der Waals surface area (Å²) in [6, 6.07) is 6.23. The van der Waals surface area contributed by atoms with Crippen LogP contribution in [0.1, 0.15) is 25.1 Å². The third-order valence-corrected chi connectivity index (χ3v) is 5.79. The van der Waals surface area contributed by atoms with Gasteiger partial charge in [-0.1, -0.05) is 0 Å². The number of piperazine rings is 1. The van der Waals surface area contributed by atoms with E-state index >= 15 is 4.39 Å². The van der Waals surface area contributed by atoms with E-state index in [9.17, 15) is 0 Å². The molecule has 0 unspecified atom stereocenters. The second-order valence-corrected chi connectivity index (χ2v) is 8.66. The monoisotopic (exact) mass is 422 g/mol. The summed E-state index contributed by atoms with van der Waals surface area (Å²) in [6.45, 7) is 9.89. The van der Waals surface area contributed by atoms with E-state index in [1.54, 1.807) is 15.3 Å². The molecular weight excluding hydrogens is 395 g/mol. The zero-order valence-electron chi connectivity index (χ0n) is 18.4. The number of hydrogen-bond acceptors (Lipinski definition) is 6. The van der Waals surface area contributed by atoms with E-state index in [0.717, 1.165) is 41.2 Å². The molecule has 4 heterocycles. The molecule has 2 N–H and O–H groups in total. The van der Waals surface area contributed by atoms with Crippen molar-refractivity contribution in [3.05, 3.63) is 41.5 Å². The fourth-order valence-electron chi connectivity index (χ4n) is 4.56. The number of aryl methyl sites for hydroxylation is 3. The molecule has 1 aliphatic heterocycles. The first kappa shape index (κ1) is 19.7. The minimum atomic E-state index is -0.293. The normalized spacial score (nSPS) is 19.5. The lowest BCUT2D eigenvalue weighted by atomic mass is 10.1. The zero-order valence-corrected chi connectivity index (χ0v) is 18.4. The van der Waals surface area contributed by atoms with Crippen LogP contribution in [0.25, 0.3) is 16.6 Å². The summed E-state index contributed by atoms with van der Waals surface area (Å²) in [4.78, 5) is 6.71. The lowest BCUT2D eigenvalue weighted by Crippen LogP contribution is -2.54. The number of fused-ring (bicyclic) bond motifs is 2. The van der Waals surface area contributed by atoms with E-state index in [1.165, 1.54) is 0 Å². The zero-order chi connectivity index (χ0) is 21.9. The van der Waals surface area contributed by atoms with Gasteiger partial charge in [0.25, 0.3) is 0 Å². The lowest BCUT2D eigenvalue weighted by Gasteiger charge is -2.37. The molecule has 3 aromatic heterocycles. The van der Waals surface area contributed by atoms with E-state index in [4.69, 9.17) is 0 Å². The quantitative estimate of drug-likeness (QED) is 0.528. The molecule has 0 aliphatic carbocycles. The molecule has 0 saturated carbocycles. The molecule has 0 bridgehead atoms. The Labute approximate surface area is 180 Å². The number of rotatable bonds is 3. The molecule has 31 heavy (non-hydrogen) atoms. The van der Waals surface area contributed by atoms with Crippen LogP contribution in [0, 0.1) is 19.7 Å². The number of nitrogens with one attached hydrogen (secondary N) is 2. The van der Waals surface area contributed by atoms with Crippen LogP contribution in [-0.4, -0.2) is 49.6 Å². The van der Waals surface area contributed by atoms with Crippen LogP contribution < -0.4 is 15.5 Å². The largest absolute Gasteiger partial charge is 0.368 e. The number of aromatic nitrogens is 5. The highest BCUT2D eigenvalue weighted by Gasteiger charge is 2.24. The van der Waals surface area contributed by atoms with Gasteiger partial charge in [-0.15, -0.1) is 5.10 Å². The predicted octanol–water partition coefficient (Wildman–Crippen LogP) is 3.30. The Hall–Kier alpha value is -3.20. The highest BCUT2D eigenvalue weighted by molar-refractivity contribution is 5.94. The van der Waals surface area contributed by atoms with Crippen LogP contribution in [0.2, 0.25) is 0 Å². The van der Waals surface area contributed by atoms with Crippen LogP contribution in [0.5, 0.6) is 0 Å². The first-order valence-electron chi connectivity index (χ1n) is 10.6. The van der Waals surface area contributed by atoms with Gasteiger partial charge in [-0.2, -0.15) is 5.10 Å². The maximum Gasteiger partial charge on any atom is 0.164 e. The first-order valence-corrected chi connectivity index (χ1v) is 10.6. The SMILES string of the molecule is Cc1cn2nc(Nc3nn(C)c4cc(N5C[C@@H](C)N[C@@H](C)C5)cc(F)c34)cc(C)c2n1. The second kappa shape index (κ2) is 7.19. The number of halogens is 1. The molecule has 1 aliphatic rings. The Morgan fingerprint density at radius 3 is 2.58 bits per heavy atom. The van der Waals surface area contributed by atoms with E-state index in [0.29, 0.717) is 29.1 Å². The van der Waals surface area contributed by atoms with Gasteiger partial charge >= 0.3 is 0 Å². The fourth-order valence-corrected chi connectivity index (χ4v) is 4.56. The minimum Gasteiger partial charge on any atom is -0.368 e. The van der Waals surface area contributed by atoms with E-state index in [-0.39, 0.29) is 5.82 Å². The minimum absolute atomic E-state index is 0.293. The molecule has 2 atom stereocenters. The van der Waals surface area contributed by atoms with Crippen molar-refractivity contribution in [1.82, 2.24) is 29.7 Å². The number of anilines is 3. The van der Waals surface area contributed by atoms with Gasteiger partial charge in [0.2, 0.25) is 0 Å². The molecule has 162 valence electrons. The van der Waals surface area contributed by atoms with E-state index < -0.39 is 0 Å². The average molecular weight is 423 g/mol. The number of benzene rings is 1. The molecule has 5 rings (SSSR count). The summed E-state index contributed by atoms with van der Waals surface area (Å²) in [5, 5.41) is 16.3. The van der Waals surface area contributed by atoms with Crippen molar-refractivity contribution in [2.45, 2.75) is 39.8 Å². The van der Waals surface area contributed by atoms with Crippen molar-refractivity contribution in [3.63, 3.8) is 0 Å². The number of imidazole rings is 1. The Bertz CT molecular complexity index is 1280. The van der Waals surface area contributed by atoms with Crippen molar-refractivity contribution in [2.24, 2.45) is 7.05 Å². The maximum absolute atomic E-state index is 15.3. The molecule has 4 aromatic rings. The van der Waals surface area contributed by atoms with Gasteiger partial charge in [0, 0.05) is 37.9 Å². The standard InChI is InChI=1S/C22H27FN8/c1-12-6-19(27-31-11-15(4)25-22(12)31)26-21-20-17(23)7-16(8-18(20)29(5)28-21)30-9-13(2)24-14(3)10-30/h6-8,11,13-14,24H,9-10H2,1-5H3,(H,26,27,28)/t13-,14+. The summed E-state index contributed by atoms with van der Waals surface area (Å²) >= 11 is 0. The van der Waals surface area contributed by atoms with Crippen LogP contribution in [0.4, 0.5) is 21.7 Å². The molecular formula is C22H27FN8. The van der Waals surface area contributed by atoms with Gasteiger partial charge in [0.15, 0.2) is 17.3 Å². The molecule has 1 fully saturated rings. The predicted molar refractivity (Wildman–Crippen MR) is 121 cm³/mol. The van der Waals surface area contributed by atoms with E-state index in [2.05, 4.69) is 44.6 Å². The summed E-state index contributed by atoms with van der Waals surface area (Å²) in [5.41, 5.74) is 4.31. The smallest absolute Gasteiger partial charge is 0.164 e. The van der Waals surface area contributed by atoms with Crippen LogP contribution in [0.15, 0.2) is 24.4 Å². The van der Waals surface area contributed by atoms with Crippen LogP contribution in [0.3, 0.4) is 0 Å². The average Bonchev–Trinajstić information content (AvgIpc) is 3.21. The molecule has 0 amide bonds. The third kappa shape index (κ3) is 3.48. The van der Waals surface area contributed by atoms with Crippen LogP contribution >= 0.6 is 0 Å². The van der Waals surface area contributed by atoms with Crippen LogP contribution in [-0.2, 0) is 7.05 Å². The molecule has 1 aromatic carbocycles. The summed E-state index contributed by atoms with van der Waals surface area (Å²) in [7, 11) is 1.83. The molecule has 0 radical (unpaired) electrons. The van der Waals surface area contributed by atoms with Gasteiger partial charge < -0.3 is 15.5 Å². The van der Waals surface area contributed by atoms with Crippen molar-refractivity contribution in [2.75, 3.05) is 23.3 Å². The van der Waals surface area contributed by atoms with Crippen molar-refractivity contribution < 1.29 is 4.39 Å². The van der Waals surface area contributed by atoms with E-state index in [1.807, 2.05) is 39.2 Å². The topological polar surface area (TPSA) is 75.3 Å². The van der Waals surface area contributed by atoms with Gasteiger partial charge in [0.1, 0.15) is 5.82 Å². The summed E-state index contributed by atoms with van der Waals surface area (Å²) < 4.78 is 18.8. The number of hydrogen-bond donors (Lipinski definition) is 2. The Balaban J connectivity index is 1.53. The Kier molecular flexibility index (Phi) is 4.58. The van der Waals surface area contributed by atoms with Gasteiger partial charge in [-0.25, -0.2) is 13.9 Å². The first-order chi connectivity index (χ1) is 14.8. The van der Waals surface area contributed by atoms with Gasteiger partial charge in [0.05, 0.1) is 22.8 Å². The molecule has 8 nitrogen and oxygen atoms in total. The highest BCUT2D eigenvalue weighted by atomic mass is 19.1. The third-order valence-electron chi connectivity index (χ3n) is 5.79. The Morgan fingerprint density at radius 1 is 1.10 bits per heavy atom. The van der Waals surface area contributed by atoms with Crippen molar-refractivity contribution in [3.8, 4) is 0 Å². The summed E-state index contributed by atoms with van der Waals surface area (Å²) in [6.07, 6.45) is 1.87. The highest BCUT2D eigenvalue weighted by Crippen LogP contribution is 2.32. The number of nitrogens with zero attached hydrogens (tertiary/aromatic N) is 6. The Morgan fingerprint density at radius 2 is 1.84 bits per heavy atom. The van der Waals surface area contributed by atoms with Gasteiger partial charge in [-0.3, -0.25) is 4.68 Å². The summed E-state index contributed by atoms with van der Waals surface area (Å²) in [5.74, 6) is 0.750. The molecule has 9 heteroatoms. The molecule has 1 saturated heterocycles. The van der Waals surface area contributed by atoms with Crippen molar-refractivity contribution >= 4 is 33.9 Å². The maximum atomic E-state index is 15.3.